The molecule has 0 amide bonds. The lowest BCUT2D eigenvalue weighted by atomic mass is 10.00. The summed E-state index contributed by atoms with van der Waals surface area (Å²) in [6.45, 7) is 0. The zero-order valence-corrected chi connectivity index (χ0v) is 10.5. The maximum atomic E-state index is 10.4. The van der Waals surface area contributed by atoms with E-state index in [2.05, 4.69) is 30.3 Å². The number of aliphatic hydroxyl groups excluding tert-OH is 1. The summed E-state index contributed by atoms with van der Waals surface area (Å²) in [6, 6.07) is 14.6. The summed E-state index contributed by atoms with van der Waals surface area (Å²) in [5, 5.41) is 13.2. The fourth-order valence-corrected chi connectivity index (χ4v) is 3.77. The van der Waals surface area contributed by atoms with Crippen molar-refractivity contribution in [1.82, 2.24) is 0 Å². The molecule has 1 N–H and O–H groups in total. The molecule has 2 unspecified atom stereocenters. The van der Waals surface area contributed by atoms with E-state index < -0.39 is 0 Å². The molecule has 0 radical (unpaired) electrons. The minimum absolute atomic E-state index is 0.313. The number of aliphatic hydroxyl groups is 1. The summed E-state index contributed by atoms with van der Waals surface area (Å²) in [5.74, 6) is 1.19. The minimum atomic E-state index is -0.313. The summed E-state index contributed by atoms with van der Waals surface area (Å²) in [6.07, 6.45) is 2.06. The van der Waals surface area contributed by atoms with Gasteiger partial charge in [0.05, 0.1) is 6.10 Å². The molecular weight excluding hydrogens is 228 g/mol. The van der Waals surface area contributed by atoms with Gasteiger partial charge in [-0.1, -0.05) is 36.4 Å². The first-order valence-corrected chi connectivity index (χ1v) is 7.18. The third-order valence-corrected chi connectivity index (χ3v) is 4.88. The van der Waals surface area contributed by atoms with Crippen LogP contribution in [-0.2, 0) is 0 Å². The Bertz CT molecular complexity index is 517. The molecule has 2 aromatic rings. The molecule has 1 heterocycles. The van der Waals surface area contributed by atoms with Crippen LogP contribution >= 0.6 is 11.8 Å². The molecule has 0 aliphatic carbocycles. The van der Waals surface area contributed by atoms with Crippen molar-refractivity contribution in [3.05, 3.63) is 48.0 Å². The Morgan fingerprint density at radius 1 is 1.12 bits per heavy atom. The van der Waals surface area contributed by atoms with Crippen LogP contribution in [0.2, 0.25) is 0 Å². The third-order valence-electron chi connectivity index (χ3n) is 3.43. The Hall–Kier alpha value is -0.990. The van der Waals surface area contributed by atoms with E-state index >= 15 is 0 Å². The molecule has 1 aliphatic heterocycles. The Morgan fingerprint density at radius 2 is 1.94 bits per heavy atom. The van der Waals surface area contributed by atoms with Gasteiger partial charge in [-0.3, -0.25) is 0 Å². The van der Waals surface area contributed by atoms with Gasteiger partial charge in [0.1, 0.15) is 0 Å². The van der Waals surface area contributed by atoms with Crippen molar-refractivity contribution >= 4 is 22.5 Å². The Balaban J connectivity index is 1.94. The van der Waals surface area contributed by atoms with Crippen molar-refractivity contribution < 1.29 is 5.11 Å². The second kappa shape index (κ2) is 4.71. The van der Waals surface area contributed by atoms with E-state index in [9.17, 15) is 5.11 Å². The van der Waals surface area contributed by atoms with Gasteiger partial charge in [0.2, 0.25) is 0 Å². The van der Waals surface area contributed by atoms with Crippen molar-refractivity contribution in [2.45, 2.75) is 24.2 Å². The second-order valence-corrected chi connectivity index (χ2v) is 5.95. The van der Waals surface area contributed by atoms with Gasteiger partial charge in [-0.15, -0.1) is 0 Å². The maximum absolute atomic E-state index is 10.4. The molecular formula is C15H16OS. The van der Waals surface area contributed by atoms with E-state index in [0.717, 1.165) is 12.0 Å². The molecule has 1 aliphatic rings. The molecule has 1 fully saturated rings. The second-order valence-electron chi connectivity index (χ2n) is 4.60. The molecule has 2 atom stereocenters. The third kappa shape index (κ3) is 2.20. The van der Waals surface area contributed by atoms with Gasteiger partial charge in [0.25, 0.3) is 0 Å². The van der Waals surface area contributed by atoms with Gasteiger partial charge in [-0.05, 0) is 41.0 Å². The summed E-state index contributed by atoms with van der Waals surface area (Å²) < 4.78 is 0. The van der Waals surface area contributed by atoms with Crippen LogP contribution in [0.1, 0.15) is 24.5 Å². The van der Waals surface area contributed by atoms with Crippen molar-refractivity contribution in [3.63, 3.8) is 0 Å². The molecule has 17 heavy (non-hydrogen) atoms. The van der Waals surface area contributed by atoms with E-state index in [-0.39, 0.29) is 6.10 Å². The fraction of sp³-hybridized carbons (Fsp3) is 0.333. The van der Waals surface area contributed by atoms with Crippen molar-refractivity contribution in [3.8, 4) is 0 Å². The number of benzene rings is 2. The molecule has 3 rings (SSSR count). The summed E-state index contributed by atoms with van der Waals surface area (Å²) in [5.41, 5.74) is 1.06. The highest BCUT2D eigenvalue weighted by Crippen LogP contribution is 2.36. The molecule has 1 nitrogen and oxygen atoms in total. The quantitative estimate of drug-likeness (QED) is 0.867. The van der Waals surface area contributed by atoms with Gasteiger partial charge in [-0.25, -0.2) is 0 Å². The molecule has 1 saturated heterocycles. The lowest BCUT2D eigenvalue weighted by Gasteiger charge is -2.17. The summed E-state index contributed by atoms with van der Waals surface area (Å²) >= 11 is 1.90. The van der Waals surface area contributed by atoms with E-state index in [1.807, 2.05) is 23.9 Å². The molecule has 0 bridgehead atoms. The first kappa shape index (κ1) is 11.1. The maximum Gasteiger partial charge on any atom is 0.0908 e. The van der Waals surface area contributed by atoms with E-state index in [4.69, 9.17) is 0 Å². The number of thioether (sulfide) groups is 1. The van der Waals surface area contributed by atoms with Crippen LogP contribution < -0.4 is 0 Å². The van der Waals surface area contributed by atoms with Gasteiger partial charge in [0.15, 0.2) is 0 Å². The predicted molar refractivity (Wildman–Crippen MR) is 74.4 cm³/mol. The van der Waals surface area contributed by atoms with Gasteiger partial charge < -0.3 is 5.11 Å². The van der Waals surface area contributed by atoms with Crippen molar-refractivity contribution in [1.29, 1.82) is 0 Å². The average molecular weight is 244 g/mol. The highest BCUT2D eigenvalue weighted by molar-refractivity contribution is 8.00. The summed E-state index contributed by atoms with van der Waals surface area (Å²) in [7, 11) is 0. The average Bonchev–Trinajstić information content (AvgIpc) is 2.91. The number of hydrogen-bond acceptors (Lipinski definition) is 2. The predicted octanol–water partition coefficient (Wildman–Crippen LogP) is 3.77. The lowest BCUT2D eigenvalue weighted by molar-refractivity contribution is 0.173. The minimum Gasteiger partial charge on any atom is -0.387 e. The molecule has 2 aromatic carbocycles. The van der Waals surface area contributed by atoms with Crippen LogP contribution in [0.15, 0.2) is 42.5 Å². The lowest BCUT2D eigenvalue weighted by Crippen LogP contribution is -2.11. The highest BCUT2D eigenvalue weighted by atomic mass is 32.2. The summed E-state index contributed by atoms with van der Waals surface area (Å²) in [4.78, 5) is 0. The molecule has 88 valence electrons. The standard InChI is InChI=1S/C15H16OS/c16-15(14-6-3-9-17-14)13-8-7-11-4-1-2-5-12(11)10-13/h1-2,4-5,7-8,10,14-16H,3,6,9H2. The zero-order chi connectivity index (χ0) is 11.7. The largest absolute Gasteiger partial charge is 0.387 e. The van der Waals surface area contributed by atoms with Crippen LogP contribution in [-0.4, -0.2) is 16.1 Å². The Labute approximate surface area is 106 Å². The van der Waals surface area contributed by atoms with Crippen LogP contribution in [0.5, 0.6) is 0 Å². The zero-order valence-electron chi connectivity index (χ0n) is 9.67. The SMILES string of the molecule is OC(c1ccc2ccccc2c1)C1CCCS1. The van der Waals surface area contributed by atoms with Crippen molar-refractivity contribution in [2.24, 2.45) is 0 Å². The smallest absolute Gasteiger partial charge is 0.0908 e. The van der Waals surface area contributed by atoms with Gasteiger partial charge in [0, 0.05) is 5.25 Å². The van der Waals surface area contributed by atoms with Crippen LogP contribution in [0.4, 0.5) is 0 Å². The van der Waals surface area contributed by atoms with Gasteiger partial charge in [-0.2, -0.15) is 11.8 Å². The van der Waals surface area contributed by atoms with Crippen molar-refractivity contribution in [2.75, 3.05) is 5.75 Å². The van der Waals surface area contributed by atoms with E-state index in [1.54, 1.807) is 0 Å². The highest BCUT2D eigenvalue weighted by Gasteiger charge is 2.24. The number of fused-ring (bicyclic) bond motifs is 1. The Morgan fingerprint density at radius 3 is 2.71 bits per heavy atom. The topological polar surface area (TPSA) is 20.2 Å². The monoisotopic (exact) mass is 244 g/mol. The molecule has 0 aromatic heterocycles. The first-order valence-electron chi connectivity index (χ1n) is 6.13. The first-order chi connectivity index (χ1) is 8.34. The van der Waals surface area contributed by atoms with Crippen LogP contribution in [0, 0.1) is 0 Å². The van der Waals surface area contributed by atoms with E-state index in [1.165, 1.54) is 22.9 Å². The van der Waals surface area contributed by atoms with Gasteiger partial charge >= 0.3 is 0 Å². The fourth-order valence-electron chi connectivity index (χ4n) is 2.46. The molecule has 2 heteroatoms. The van der Waals surface area contributed by atoms with Crippen LogP contribution in [0.25, 0.3) is 10.8 Å². The van der Waals surface area contributed by atoms with E-state index in [0.29, 0.717) is 5.25 Å². The Kier molecular flexibility index (Phi) is 3.08. The normalized spacial score (nSPS) is 21.8. The number of hydrogen-bond donors (Lipinski definition) is 1. The molecule has 0 spiro atoms. The number of rotatable bonds is 2. The van der Waals surface area contributed by atoms with Crippen LogP contribution in [0.3, 0.4) is 0 Å². The molecule has 0 saturated carbocycles.